The number of carbonyl (C=O) groups is 1. The zero-order valence-corrected chi connectivity index (χ0v) is 12.8. The Hall–Kier alpha value is -2.41. The molecule has 0 bridgehead atoms. The van der Waals surface area contributed by atoms with Gasteiger partial charge in [-0.05, 0) is 18.6 Å². The quantitative estimate of drug-likeness (QED) is 0.836. The Morgan fingerprint density at radius 3 is 3.22 bits per heavy atom. The van der Waals surface area contributed by atoms with Gasteiger partial charge in [0.1, 0.15) is 17.8 Å². The highest BCUT2D eigenvalue weighted by atomic mass is 16.5. The van der Waals surface area contributed by atoms with Gasteiger partial charge < -0.3 is 19.5 Å². The molecule has 4 rings (SSSR count). The molecule has 2 saturated heterocycles. The van der Waals surface area contributed by atoms with Crippen LogP contribution in [0.5, 0.6) is 0 Å². The van der Waals surface area contributed by atoms with Crippen LogP contribution in [0.3, 0.4) is 0 Å². The molecule has 2 aromatic rings. The number of fused-ring (bicyclic) bond motifs is 2. The molecule has 7 heteroatoms. The van der Waals surface area contributed by atoms with Crippen molar-refractivity contribution in [3.8, 4) is 0 Å². The van der Waals surface area contributed by atoms with Crippen LogP contribution in [0.4, 0.5) is 5.82 Å². The number of aromatic amines is 1. The number of aromatic nitrogens is 3. The van der Waals surface area contributed by atoms with Crippen LogP contribution in [-0.2, 0) is 9.53 Å². The summed E-state index contributed by atoms with van der Waals surface area (Å²) in [6, 6.07) is 2.10. The van der Waals surface area contributed by atoms with E-state index in [4.69, 9.17) is 4.74 Å². The van der Waals surface area contributed by atoms with Crippen LogP contribution in [0, 0.1) is 0 Å². The summed E-state index contributed by atoms with van der Waals surface area (Å²) < 4.78 is 5.93. The van der Waals surface area contributed by atoms with Crippen LogP contribution in [0.15, 0.2) is 31.2 Å². The molecule has 1 amide bonds. The molecule has 120 valence electrons. The van der Waals surface area contributed by atoms with Crippen molar-refractivity contribution in [3.63, 3.8) is 0 Å². The molecule has 0 aliphatic carbocycles. The van der Waals surface area contributed by atoms with E-state index in [-0.39, 0.29) is 18.1 Å². The second-order valence-corrected chi connectivity index (χ2v) is 5.88. The lowest BCUT2D eigenvalue weighted by atomic mass is 9.98. The van der Waals surface area contributed by atoms with Crippen molar-refractivity contribution in [2.75, 3.05) is 31.1 Å². The molecule has 0 radical (unpaired) electrons. The van der Waals surface area contributed by atoms with Crippen molar-refractivity contribution in [3.05, 3.63) is 31.2 Å². The first-order chi connectivity index (χ1) is 11.3. The number of likely N-dealkylation sites (tertiary alicyclic amines) is 1. The second-order valence-electron chi connectivity index (χ2n) is 5.88. The number of rotatable bonds is 2. The molecule has 2 aromatic heterocycles. The van der Waals surface area contributed by atoms with Crippen molar-refractivity contribution in [1.29, 1.82) is 0 Å². The third-order valence-electron chi connectivity index (χ3n) is 4.68. The number of nitrogens with one attached hydrogen (secondary N) is 1. The van der Waals surface area contributed by atoms with Crippen LogP contribution in [0.1, 0.15) is 6.42 Å². The predicted molar refractivity (Wildman–Crippen MR) is 86.2 cm³/mol. The average molecular weight is 313 g/mol. The number of ether oxygens (including phenoxy) is 1. The Labute approximate surface area is 134 Å². The van der Waals surface area contributed by atoms with E-state index < -0.39 is 0 Å². The molecule has 1 N–H and O–H groups in total. The summed E-state index contributed by atoms with van der Waals surface area (Å²) in [5.74, 6) is 0.880. The monoisotopic (exact) mass is 313 g/mol. The molecular formula is C16H19N5O2. The van der Waals surface area contributed by atoms with Crippen LogP contribution in [0.2, 0.25) is 0 Å². The molecule has 7 nitrogen and oxygen atoms in total. The predicted octanol–water partition coefficient (Wildman–Crippen LogP) is 0.950. The maximum Gasteiger partial charge on any atom is 0.246 e. The Kier molecular flexibility index (Phi) is 3.49. The maximum absolute atomic E-state index is 12.0. The minimum Gasteiger partial charge on any atom is -0.374 e. The highest BCUT2D eigenvalue weighted by Crippen LogP contribution is 2.30. The first-order valence-corrected chi connectivity index (χ1v) is 7.85. The first-order valence-electron chi connectivity index (χ1n) is 7.85. The van der Waals surface area contributed by atoms with E-state index in [0.717, 1.165) is 29.8 Å². The number of nitrogens with zero attached hydrogens (tertiary/aromatic N) is 4. The normalized spacial score (nSPS) is 24.5. The van der Waals surface area contributed by atoms with E-state index in [1.165, 1.54) is 6.08 Å². The summed E-state index contributed by atoms with van der Waals surface area (Å²) in [5.41, 5.74) is 0.827. The van der Waals surface area contributed by atoms with Gasteiger partial charge in [-0.25, -0.2) is 9.97 Å². The van der Waals surface area contributed by atoms with E-state index in [0.29, 0.717) is 19.7 Å². The second kappa shape index (κ2) is 5.66. The van der Waals surface area contributed by atoms with E-state index >= 15 is 0 Å². The highest BCUT2D eigenvalue weighted by Gasteiger charge is 2.39. The summed E-state index contributed by atoms with van der Waals surface area (Å²) in [6.45, 7) is 6.36. The lowest BCUT2D eigenvalue weighted by molar-refractivity contribution is -0.130. The van der Waals surface area contributed by atoms with Crippen LogP contribution in [0.25, 0.3) is 11.0 Å². The summed E-state index contributed by atoms with van der Waals surface area (Å²) >= 11 is 0. The number of hydrogen-bond acceptors (Lipinski definition) is 5. The van der Waals surface area contributed by atoms with Crippen LogP contribution >= 0.6 is 0 Å². The SMILES string of the molecule is C=CC(=O)N1CC[C@@H]2OCCN(c3ncnc4[nH]ccc34)[C@H]2C1. The number of morpholine rings is 1. The summed E-state index contributed by atoms with van der Waals surface area (Å²) in [7, 11) is 0. The molecule has 0 unspecified atom stereocenters. The fourth-order valence-corrected chi connectivity index (χ4v) is 3.55. The first kappa shape index (κ1) is 14.2. The Morgan fingerprint density at radius 1 is 1.43 bits per heavy atom. The van der Waals surface area contributed by atoms with Gasteiger partial charge in [0.25, 0.3) is 0 Å². The standard InChI is InChI=1S/C16H19N5O2/c1-2-14(22)20-6-4-13-12(9-20)21(7-8-23-13)16-11-3-5-17-15(11)18-10-19-16/h2-3,5,10,12-13H,1,4,6-9H2,(H,17,18,19)/t12-,13-/m0/s1. The molecule has 2 aliphatic rings. The van der Waals surface area contributed by atoms with E-state index in [2.05, 4.69) is 26.4 Å². The van der Waals surface area contributed by atoms with Gasteiger partial charge in [0, 0.05) is 25.8 Å². The van der Waals surface area contributed by atoms with Crippen molar-refractivity contribution in [1.82, 2.24) is 19.9 Å². The third kappa shape index (κ3) is 2.37. The van der Waals surface area contributed by atoms with Crippen molar-refractivity contribution < 1.29 is 9.53 Å². The number of H-pyrrole nitrogens is 1. The average Bonchev–Trinajstić information content (AvgIpc) is 3.09. The van der Waals surface area contributed by atoms with Crippen molar-refractivity contribution in [2.24, 2.45) is 0 Å². The van der Waals surface area contributed by atoms with Crippen LogP contribution < -0.4 is 4.90 Å². The molecule has 0 saturated carbocycles. The van der Waals surface area contributed by atoms with Crippen LogP contribution in [-0.4, -0.2) is 64.1 Å². The molecule has 2 fully saturated rings. The lowest BCUT2D eigenvalue weighted by Gasteiger charge is -2.47. The summed E-state index contributed by atoms with van der Waals surface area (Å²) in [6.07, 6.45) is 5.79. The molecule has 0 spiro atoms. The summed E-state index contributed by atoms with van der Waals surface area (Å²) in [5, 5.41) is 1.00. The van der Waals surface area contributed by atoms with E-state index in [9.17, 15) is 4.79 Å². The number of carbonyl (C=O) groups excluding carboxylic acids is 1. The highest BCUT2D eigenvalue weighted by molar-refractivity contribution is 5.88. The fourth-order valence-electron chi connectivity index (χ4n) is 3.55. The third-order valence-corrected chi connectivity index (χ3v) is 4.68. The van der Waals surface area contributed by atoms with Crippen molar-refractivity contribution in [2.45, 2.75) is 18.6 Å². The van der Waals surface area contributed by atoms with Gasteiger partial charge in [0.2, 0.25) is 5.91 Å². The Morgan fingerprint density at radius 2 is 2.35 bits per heavy atom. The molecule has 4 heterocycles. The smallest absolute Gasteiger partial charge is 0.246 e. The number of anilines is 1. The van der Waals surface area contributed by atoms with Gasteiger partial charge >= 0.3 is 0 Å². The number of piperidine rings is 1. The molecular weight excluding hydrogens is 294 g/mol. The lowest BCUT2D eigenvalue weighted by Crippen LogP contribution is -2.61. The molecule has 23 heavy (non-hydrogen) atoms. The molecule has 2 atom stereocenters. The summed E-state index contributed by atoms with van der Waals surface area (Å²) in [4.78, 5) is 27.9. The van der Waals surface area contributed by atoms with E-state index in [1.807, 2.05) is 17.2 Å². The fraction of sp³-hybridized carbons (Fsp3) is 0.438. The van der Waals surface area contributed by atoms with Crippen molar-refractivity contribution >= 4 is 22.8 Å². The maximum atomic E-state index is 12.0. The minimum absolute atomic E-state index is 0.0246. The number of hydrogen-bond donors (Lipinski definition) is 1. The topological polar surface area (TPSA) is 74.3 Å². The Bertz CT molecular complexity index is 743. The van der Waals surface area contributed by atoms with Gasteiger partial charge in [0.05, 0.1) is 24.1 Å². The van der Waals surface area contributed by atoms with E-state index in [1.54, 1.807) is 6.33 Å². The number of amides is 1. The molecule has 0 aromatic carbocycles. The van der Waals surface area contributed by atoms with Gasteiger partial charge in [-0.3, -0.25) is 4.79 Å². The largest absolute Gasteiger partial charge is 0.374 e. The van der Waals surface area contributed by atoms with Gasteiger partial charge in [-0.15, -0.1) is 0 Å². The van der Waals surface area contributed by atoms with Gasteiger partial charge in [0.15, 0.2) is 0 Å². The minimum atomic E-state index is -0.0246. The Balaban J connectivity index is 1.68. The van der Waals surface area contributed by atoms with Gasteiger partial charge in [-0.1, -0.05) is 6.58 Å². The van der Waals surface area contributed by atoms with Gasteiger partial charge in [-0.2, -0.15) is 0 Å². The molecule has 2 aliphatic heterocycles. The zero-order valence-electron chi connectivity index (χ0n) is 12.8. The zero-order chi connectivity index (χ0) is 15.8.